The van der Waals surface area contributed by atoms with E-state index in [-0.39, 0.29) is 0 Å². The lowest BCUT2D eigenvalue weighted by Crippen LogP contribution is -1.73. The molecule has 0 fully saturated rings. The molecule has 0 saturated heterocycles. The number of fused-ring (bicyclic) bond motifs is 1. The van der Waals surface area contributed by atoms with Crippen LogP contribution in [0, 0.1) is 0 Å². The number of H-pyrrole nitrogens is 1. The van der Waals surface area contributed by atoms with Gasteiger partial charge in [0.2, 0.25) is 0 Å². The summed E-state index contributed by atoms with van der Waals surface area (Å²) in [6.07, 6.45) is 3.90. The zero-order chi connectivity index (χ0) is 9.38. The normalized spacial score (nSPS) is 10.9. The molecule has 0 bridgehead atoms. The highest BCUT2D eigenvalue weighted by molar-refractivity contribution is 7.12. The lowest BCUT2D eigenvalue weighted by atomic mass is 10.1. The van der Waals surface area contributed by atoms with E-state index in [0.717, 1.165) is 10.2 Å². The van der Waals surface area contributed by atoms with E-state index in [1.165, 1.54) is 22.7 Å². The first-order valence-electron chi connectivity index (χ1n) is 4.29. The van der Waals surface area contributed by atoms with Crippen LogP contribution in [-0.2, 0) is 0 Å². The van der Waals surface area contributed by atoms with Crippen LogP contribution in [0.15, 0.2) is 36.7 Å². The third kappa shape index (κ3) is 1.12. The monoisotopic (exact) mass is 201 g/mol. The van der Waals surface area contributed by atoms with Gasteiger partial charge >= 0.3 is 0 Å². The van der Waals surface area contributed by atoms with Gasteiger partial charge in [-0.2, -0.15) is 0 Å². The Kier molecular flexibility index (Phi) is 1.61. The molecule has 0 radical (unpaired) electrons. The molecule has 0 atom stereocenters. The summed E-state index contributed by atoms with van der Waals surface area (Å²) in [5.41, 5.74) is 3.36. The predicted molar refractivity (Wildman–Crippen MR) is 57.2 cm³/mol. The van der Waals surface area contributed by atoms with Gasteiger partial charge in [-0.3, -0.25) is 0 Å². The molecule has 0 amide bonds. The van der Waals surface area contributed by atoms with Crippen molar-refractivity contribution < 1.29 is 0 Å². The number of aromatic nitrogens is 3. The van der Waals surface area contributed by atoms with Crippen LogP contribution in [0.2, 0.25) is 0 Å². The van der Waals surface area contributed by atoms with E-state index < -0.39 is 0 Å². The zero-order valence-electron chi connectivity index (χ0n) is 7.27. The van der Waals surface area contributed by atoms with Gasteiger partial charge < -0.3 is 4.98 Å². The number of aromatic amines is 1. The first-order valence-corrected chi connectivity index (χ1v) is 5.06. The minimum atomic E-state index is 0.967. The molecule has 68 valence electrons. The zero-order valence-corrected chi connectivity index (χ0v) is 8.08. The number of hydrogen-bond donors (Lipinski definition) is 1. The smallest absolute Gasteiger partial charge is 0.106 e. The van der Waals surface area contributed by atoms with Gasteiger partial charge in [-0.15, -0.1) is 5.10 Å². The summed E-state index contributed by atoms with van der Waals surface area (Å²) in [6, 6.07) is 8.23. The SMILES string of the molecule is c1cc(-c2ccc3nnsc3c2)c[nH]1. The second-order valence-electron chi connectivity index (χ2n) is 3.06. The van der Waals surface area contributed by atoms with Crippen LogP contribution >= 0.6 is 11.5 Å². The molecule has 0 spiro atoms. The molecular weight excluding hydrogens is 194 g/mol. The van der Waals surface area contributed by atoms with Crippen LogP contribution in [0.25, 0.3) is 21.3 Å². The highest BCUT2D eigenvalue weighted by Crippen LogP contribution is 2.24. The molecule has 2 aromatic heterocycles. The molecule has 0 aliphatic heterocycles. The predicted octanol–water partition coefficient (Wildman–Crippen LogP) is 2.69. The van der Waals surface area contributed by atoms with E-state index in [0.29, 0.717) is 0 Å². The summed E-state index contributed by atoms with van der Waals surface area (Å²) in [5, 5.41) is 4.00. The Labute approximate surface area is 84.6 Å². The number of hydrogen-bond acceptors (Lipinski definition) is 3. The second kappa shape index (κ2) is 2.92. The maximum Gasteiger partial charge on any atom is 0.106 e. The fourth-order valence-electron chi connectivity index (χ4n) is 1.46. The lowest BCUT2D eigenvalue weighted by molar-refractivity contribution is 1.20. The van der Waals surface area contributed by atoms with E-state index in [4.69, 9.17) is 0 Å². The molecule has 4 heteroatoms. The van der Waals surface area contributed by atoms with Crippen molar-refractivity contribution in [2.24, 2.45) is 0 Å². The summed E-state index contributed by atoms with van der Waals surface area (Å²) >= 11 is 1.43. The minimum absolute atomic E-state index is 0.967. The number of benzene rings is 1. The standard InChI is InChI=1S/C10H7N3S/c1-2-9-10(14-13-12-9)5-7(1)8-3-4-11-6-8/h1-6,11H. The van der Waals surface area contributed by atoms with Crippen molar-refractivity contribution in [2.75, 3.05) is 0 Å². The molecule has 3 rings (SSSR count). The van der Waals surface area contributed by atoms with Crippen molar-refractivity contribution >= 4 is 21.7 Å². The highest BCUT2D eigenvalue weighted by Gasteiger charge is 2.01. The van der Waals surface area contributed by atoms with Gasteiger partial charge in [0.05, 0.1) is 4.70 Å². The third-order valence-electron chi connectivity index (χ3n) is 2.18. The Morgan fingerprint density at radius 3 is 3.00 bits per heavy atom. The van der Waals surface area contributed by atoms with Crippen molar-refractivity contribution in [1.29, 1.82) is 0 Å². The maximum absolute atomic E-state index is 4.00. The van der Waals surface area contributed by atoms with Crippen LogP contribution in [-0.4, -0.2) is 14.6 Å². The Morgan fingerprint density at radius 1 is 1.14 bits per heavy atom. The van der Waals surface area contributed by atoms with Crippen LogP contribution < -0.4 is 0 Å². The van der Waals surface area contributed by atoms with Crippen molar-refractivity contribution in [3.63, 3.8) is 0 Å². The average molecular weight is 201 g/mol. The van der Waals surface area contributed by atoms with Gasteiger partial charge in [-0.25, -0.2) is 0 Å². The van der Waals surface area contributed by atoms with E-state index in [2.05, 4.69) is 32.8 Å². The van der Waals surface area contributed by atoms with Crippen LogP contribution in [0.3, 0.4) is 0 Å². The molecule has 2 heterocycles. The molecular formula is C10H7N3S. The number of nitrogens with one attached hydrogen (secondary N) is 1. The highest BCUT2D eigenvalue weighted by atomic mass is 32.1. The largest absolute Gasteiger partial charge is 0.367 e. The molecule has 1 aromatic carbocycles. The molecule has 0 saturated carbocycles. The Morgan fingerprint density at radius 2 is 2.14 bits per heavy atom. The summed E-state index contributed by atoms with van der Waals surface area (Å²) in [4.78, 5) is 3.04. The number of rotatable bonds is 1. The minimum Gasteiger partial charge on any atom is -0.367 e. The molecule has 3 aromatic rings. The van der Waals surface area contributed by atoms with Crippen molar-refractivity contribution in [3.05, 3.63) is 36.7 Å². The van der Waals surface area contributed by atoms with E-state index in [1.54, 1.807) is 0 Å². The molecule has 1 N–H and O–H groups in total. The van der Waals surface area contributed by atoms with Crippen LogP contribution in [0.1, 0.15) is 0 Å². The second-order valence-corrected chi connectivity index (χ2v) is 3.84. The quantitative estimate of drug-likeness (QED) is 0.657. The van der Waals surface area contributed by atoms with E-state index in [1.807, 2.05) is 18.5 Å². The molecule has 14 heavy (non-hydrogen) atoms. The maximum atomic E-state index is 4.00. The Bertz CT molecular complexity index is 554. The summed E-state index contributed by atoms with van der Waals surface area (Å²) in [7, 11) is 0. The molecule has 0 aliphatic rings. The third-order valence-corrected chi connectivity index (χ3v) is 2.87. The fraction of sp³-hybridized carbons (Fsp3) is 0. The van der Waals surface area contributed by atoms with Gasteiger partial charge in [-0.05, 0) is 40.9 Å². The van der Waals surface area contributed by atoms with Gasteiger partial charge in [0.1, 0.15) is 5.52 Å². The first kappa shape index (κ1) is 7.70. The van der Waals surface area contributed by atoms with E-state index >= 15 is 0 Å². The van der Waals surface area contributed by atoms with Crippen molar-refractivity contribution in [2.45, 2.75) is 0 Å². The Hall–Kier alpha value is -1.68. The van der Waals surface area contributed by atoms with Crippen LogP contribution in [0.5, 0.6) is 0 Å². The topological polar surface area (TPSA) is 41.6 Å². The van der Waals surface area contributed by atoms with Gasteiger partial charge in [0.25, 0.3) is 0 Å². The van der Waals surface area contributed by atoms with Gasteiger partial charge in [0.15, 0.2) is 0 Å². The summed E-state index contributed by atoms with van der Waals surface area (Å²) in [5.74, 6) is 0. The molecule has 0 aliphatic carbocycles. The average Bonchev–Trinajstić information content (AvgIpc) is 2.88. The van der Waals surface area contributed by atoms with Crippen LogP contribution in [0.4, 0.5) is 0 Å². The molecule has 0 unspecified atom stereocenters. The Balaban J connectivity index is 2.23. The first-order chi connectivity index (χ1) is 6.93. The fourth-order valence-corrected chi connectivity index (χ4v) is 2.06. The summed E-state index contributed by atoms with van der Waals surface area (Å²) in [6.45, 7) is 0. The van der Waals surface area contributed by atoms with Gasteiger partial charge in [-0.1, -0.05) is 10.6 Å². The lowest BCUT2D eigenvalue weighted by Gasteiger charge is -1.95. The molecule has 3 nitrogen and oxygen atoms in total. The van der Waals surface area contributed by atoms with Crippen molar-refractivity contribution in [3.8, 4) is 11.1 Å². The van der Waals surface area contributed by atoms with Gasteiger partial charge in [0, 0.05) is 12.4 Å². The summed E-state index contributed by atoms with van der Waals surface area (Å²) < 4.78 is 5.04. The van der Waals surface area contributed by atoms with E-state index in [9.17, 15) is 0 Å². The number of nitrogens with zero attached hydrogens (tertiary/aromatic N) is 2. The van der Waals surface area contributed by atoms with Crippen molar-refractivity contribution in [1.82, 2.24) is 14.6 Å².